The van der Waals surface area contributed by atoms with Crippen molar-refractivity contribution in [3.63, 3.8) is 0 Å². The van der Waals surface area contributed by atoms with Gasteiger partial charge in [0, 0.05) is 17.7 Å². The first-order chi connectivity index (χ1) is 11.6. The second-order valence-electron chi connectivity index (χ2n) is 4.66. The van der Waals surface area contributed by atoms with Gasteiger partial charge in [-0.2, -0.15) is 4.73 Å². The SMILES string of the molecule is COc1ccccc1Oc1c(Cl)nc(-c2cc[n+]([O-])cc2)nc1Cl. The molecule has 3 rings (SSSR count). The number of para-hydroxylation sites is 2. The van der Waals surface area contributed by atoms with E-state index in [2.05, 4.69) is 9.97 Å². The van der Waals surface area contributed by atoms with Gasteiger partial charge in [0.05, 0.1) is 7.11 Å². The molecule has 0 atom stereocenters. The molecule has 0 saturated heterocycles. The minimum absolute atomic E-state index is 0.0507. The summed E-state index contributed by atoms with van der Waals surface area (Å²) in [5, 5.41) is 11.2. The van der Waals surface area contributed by atoms with E-state index < -0.39 is 0 Å². The van der Waals surface area contributed by atoms with Gasteiger partial charge in [0.15, 0.2) is 40.0 Å². The first-order valence-corrected chi connectivity index (χ1v) is 7.57. The molecular weight excluding hydrogens is 353 g/mol. The number of benzene rings is 1. The van der Waals surface area contributed by atoms with E-state index >= 15 is 0 Å². The van der Waals surface area contributed by atoms with E-state index in [0.717, 1.165) is 0 Å². The smallest absolute Gasteiger partial charge is 0.202 e. The quantitative estimate of drug-likeness (QED) is 0.399. The zero-order chi connectivity index (χ0) is 17.1. The maximum absolute atomic E-state index is 11.1. The van der Waals surface area contributed by atoms with Crippen LogP contribution in [0.1, 0.15) is 0 Å². The summed E-state index contributed by atoms with van der Waals surface area (Å²) in [7, 11) is 1.53. The Labute approximate surface area is 147 Å². The van der Waals surface area contributed by atoms with Crippen molar-refractivity contribution in [1.82, 2.24) is 9.97 Å². The summed E-state index contributed by atoms with van der Waals surface area (Å²) in [6, 6.07) is 10.2. The van der Waals surface area contributed by atoms with Crippen molar-refractivity contribution in [2.45, 2.75) is 0 Å². The normalized spacial score (nSPS) is 10.5. The van der Waals surface area contributed by atoms with Crippen LogP contribution < -0.4 is 14.2 Å². The van der Waals surface area contributed by atoms with E-state index in [1.807, 2.05) is 6.07 Å². The molecule has 0 bridgehead atoms. The molecule has 0 spiro atoms. The van der Waals surface area contributed by atoms with Gasteiger partial charge < -0.3 is 14.7 Å². The maximum atomic E-state index is 11.1. The van der Waals surface area contributed by atoms with E-state index in [-0.39, 0.29) is 21.9 Å². The largest absolute Gasteiger partial charge is 0.619 e. The molecule has 0 radical (unpaired) electrons. The van der Waals surface area contributed by atoms with Crippen LogP contribution in [0.2, 0.25) is 10.3 Å². The maximum Gasteiger partial charge on any atom is 0.202 e. The number of hydrogen-bond donors (Lipinski definition) is 0. The number of hydrogen-bond acceptors (Lipinski definition) is 5. The first kappa shape index (κ1) is 16.3. The van der Waals surface area contributed by atoms with E-state index in [1.165, 1.54) is 19.5 Å². The number of nitrogens with zero attached hydrogens (tertiary/aromatic N) is 3. The molecule has 24 heavy (non-hydrogen) atoms. The summed E-state index contributed by atoms with van der Waals surface area (Å²) < 4.78 is 11.6. The van der Waals surface area contributed by atoms with Gasteiger partial charge in [-0.05, 0) is 12.1 Å². The van der Waals surface area contributed by atoms with Gasteiger partial charge in [0.2, 0.25) is 5.75 Å². The third-order valence-electron chi connectivity index (χ3n) is 3.12. The van der Waals surface area contributed by atoms with Gasteiger partial charge in [-0.15, -0.1) is 0 Å². The minimum Gasteiger partial charge on any atom is -0.619 e. The lowest BCUT2D eigenvalue weighted by molar-refractivity contribution is -0.605. The molecule has 2 aromatic heterocycles. The zero-order valence-corrected chi connectivity index (χ0v) is 14.0. The number of pyridine rings is 1. The Bertz CT molecular complexity index is 850. The molecule has 1 aromatic carbocycles. The molecule has 0 N–H and O–H groups in total. The molecule has 0 aliphatic rings. The van der Waals surface area contributed by atoms with Crippen LogP contribution in [0.25, 0.3) is 11.4 Å². The fourth-order valence-corrected chi connectivity index (χ4v) is 2.45. The average molecular weight is 364 g/mol. The van der Waals surface area contributed by atoms with E-state index in [9.17, 15) is 5.21 Å². The van der Waals surface area contributed by atoms with Crippen LogP contribution in [0.4, 0.5) is 0 Å². The summed E-state index contributed by atoms with van der Waals surface area (Å²) in [6.45, 7) is 0. The molecule has 2 heterocycles. The molecule has 6 nitrogen and oxygen atoms in total. The summed E-state index contributed by atoms with van der Waals surface area (Å²) in [5.74, 6) is 1.38. The molecule has 0 amide bonds. The van der Waals surface area contributed by atoms with E-state index in [0.29, 0.717) is 21.8 Å². The molecule has 0 unspecified atom stereocenters. The highest BCUT2D eigenvalue weighted by atomic mass is 35.5. The second kappa shape index (κ2) is 6.90. The highest BCUT2D eigenvalue weighted by molar-refractivity contribution is 6.35. The predicted molar refractivity (Wildman–Crippen MR) is 89.5 cm³/mol. The molecule has 0 fully saturated rings. The lowest BCUT2D eigenvalue weighted by atomic mass is 10.2. The van der Waals surface area contributed by atoms with Crippen molar-refractivity contribution in [1.29, 1.82) is 0 Å². The summed E-state index contributed by atoms with van der Waals surface area (Å²) in [5.41, 5.74) is 0.606. The van der Waals surface area contributed by atoms with Crippen LogP contribution in [0, 0.1) is 5.21 Å². The monoisotopic (exact) mass is 363 g/mol. The molecule has 0 aliphatic carbocycles. The van der Waals surface area contributed by atoms with Crippen molar-refractivity contribution < 1.29 is 14.2 Å². The summed E-state index contributed by atoms with van der Waals surface area (Å²) in [4.78, 5) is 8.36. The Morgan fingerprint density at radius 2 is 1.54 bits per heavy atom. The number of halogens is 2. The van der Waals surface area contributed by atoms with Crippen molar-refractivity contribution in [2.24, 2.45) is 0 Å². The van der Waals surface area contributed by atoms with Gasteiger partial charge >= 0.3 is 0 Å². The van der Waals surface area contributed by atoms with Crippen LogP contribution in [0.5, 0.6) is 17.2 Å². The Morgan fingerprint density at radius 3 is 2.12 bits per heavy atom. The van der Waals surface area contributed by atoms with E-state index in [1.54, 1.807) is 30.3 Å². The number of rotatable bonds is 4. The Kier molecular flexibility index (Phi) is 4.69. The van der Waals surface area contributed by atoms with Crippen molar-refractivity contribution in [3.8, 4) is 28.6 Å². The molecule has 122 valence electrons. The topological polar surface area (TPSA) is 71.2 Å². The lowest BCUT2D eigenvalue weighted by Crippen LogP contribution is -2.23. The Hall–Kier alpha value is -2.57. The number of ether oxygens (including phenoxy) is 2. The van der Waals surface area contributed by atoms with Gasteiger partial charge in [0.25, 0.3) is 0 Å². The summed E-state index contributed by atoms with van der Waals surface area (Å²) in [6.07, 6.45) is 2.67. The van der Waals surface area contributed by atoms with Gasteiger partial charge in [-0.25, -0.2) is 9.97 Å². The van der Waals surface area contributed by atoms with Crippen LogP contribution in [0.15, 0.2) is 48.8 Å². The Balaban J connectivity index is 1.97. The van der Waals surface area contributed by atoms with Crippen LogP contribution in [0.3, 0.4) is 0 Å². The van der Waals surface area contributed by atoms with Gasteiger partial charge in [-0.3, -0.25) is 0 Å². The third kappa shape index (κ3) is 3.34. The van der Waals surface area contributed by atoms with Crippen LogP contribution in [-0.2, 0) is 0 Å². The van der Waals surface area contributed by atoms with Crippen molar-refractivity contribution >= 4 is 23.2 Å². The second-order valence-corrected chi connectivity index (χ2v) is 5.37. The molecule has 0 saturated carbocycles. The molecule has 0 aliphatic heterocycles. The van der Waals surface area contributed by atoms with Crippen LogP contribution >= 0.6 is 23.2 Å². The van der Waals surface area contributed by atoms with Crippen LogP contribution in [-0.4, -0.2) is 17.1 Å². The first-order valence-electron chi connectivity index (χ1n) is 6.81. The fourth-order valence-electron chi connectivity index (χ4n) is 1.99. The van der Waals surface area contributed by atoms with E-state index in [4.69, 9.17) is 32.7 Å². The molecule has 3 aromatic rings. The number of methoxy groups -OCH3 is 1. The highest BCUT2D eigenvalue weighted by Gasteiger charge is 2.17. The molecular formula is C16H11Cl2N3O3. The van der Waals surface area contributed by atoms with Crippen molar-refractivity contribution in [2.75, 3.05) is 7.11 Å². The highest BCUT2D eigenvalue weighted by Crippen LogP contribution is 2.38. The number of aromatic nitrogens is 3. The van der Waals surface area contributed by atoms with Gasteiger partial charge in [-0.1, -0.05) is 35.3 Å². The minimum atomic E-state index is 0.0507. The average Bonchev–Trinajstić information content (AvgIpc) is 2.59. The summed E-state index contributed by atoms with van der Waals surface area (Å²) >= 11 is 12.4. The third-order valence-corrected chi connectivity index (χ3v) is 3.64. The zero-order valence-electron chi connectivity index (χ0n) is 12.4. The Morgan fingerprint density at radius 1 is 0.958 bits per heavy atom. The van der Waals surface area contributed by atoms with Crippen molar-refractivity contribution in [3.05, 3.63) is 64.3 Å². The fraction of sp³-hybridized carbons (Fsp3) is 0.0625. The lowest BCUT2D eigenvalue weighted by Gasteiger charge is -2.12. The van der Waals surface area contributed by atoms with Gasteiger partial charge in [0.1, 0.15) is 0 Å². The molecule has 8 heteroatoms. The standard InChI is InChI=1S/C16H11Cl2N3O3/c1-23-11-4-2-3-5-12(11)24-13-14(17)19-16(20-15(13)18)10-6-8-21(22)9-7-10/h2-9H,1H3. The predicted octanol–water partition coefficient (Wildman–Crippen LogP) is 3.88.